The van der Waals surface area contributed by atoms with Crippen molar-refractivity contribution in [3.05, 3.63) is 28.7 Å². The van der Waals surface area contributed by atoms with Gasteiger partial charge in [-0.2, -0.15) is 0 Å². The van der Waals surface area contributed by atoms with Crippen LogP contribution in [0.3, 0.4) is 0 Å². The number of benzene rings is 1. The highest BCUT2D eigenvalue weighted by atomic mass is 79.9. The topological polar surface area (TPSA) is 74.7 Å². The van der Waals surface area contributed by atoms with Gasteiger partial charge >= 0.3 is 5.97 Å². The number of rotatable bonds is 6. The standard InChI is InChI=1S/C11H14BrNO4S/c1-18(16,17)13(8-2-3-11(14)15)10-6-4-9(12)5-7-10/h4-7H,2-3,8H2,1H3,(H,14,15). The number of sulfonamides is 1. The maximum atomic E-state index is 11.7. The highest BCUT2D eigenvalue weighted by Gasteiger charge is 2.17. The molecule has 0 aromatic heterocycles. The zero-order valence-corrected chi connectivity index (χ0v) is 12.2. The summed E-state index contributed by atoms with van der Waals surface area (Å²) in [6, 6.07) is 6.83. The van der Waals surface area contributed by atoms with Crippen molar-refractivity contribution in [2.45, 2.75) is 12.8 Å². The quantitative estimate of drug-likeness (QED) is 0.863. The average Bonchev–Trinajstić information content (AvgIpc) is 2.24. The first-order valence-corrected chi connectivity index (χ1v) is 7.90. The minimum atomic E-state index is -3.40. The predicted octanol–water partition coefficient (Wildman–Crippen LogP) is 2.08. The molecule has 0 aliphatic heterocycles. The molecular weight excluding hydrogens is 322 g/mol. The van der Waals surface area contributed by atoms with Gasteiger partial charge in [0.15, 0.2) is 0 Å². The molecule has 0 aliphatic rings. The molecule has 0 spiro atoms. The van der Waals surface area contributed by atoms with Crippen molar-refractivity contribution in [1.82, 2.24) is 0 Å². The lowest BCUT2D eigenvalue weighted by atomic mass is 10.3. The summed E-state index contributed by atoms with van der Waals surface area (Å²) in [5.41, 5.74) is 0.533. The van der Waals surface area contributed by atoms with Crippen molar-refractivity contribution in [3.63, 3.8) is 0 Å². The number of hydrogen-bond acceptors (Lipinski definition) is 3. The first-order chi connectivity index (χ1) is 8.30. The molecule has 0 amide bonds. The first kappa shape index (κ1) is 15.0. The normalized spacial score (nSPS) is 11.2. The van der Waals surface area contributed by atoms with Gasteiger partial charge in [-0.1, -0.05) is 15.9 Å². The summed E-state index contributed by atoms with van der Waals surface area (Å²) in [6.45, 7) is 0.159. The molecule has 0 fully saturated rings. The van der Waals surface area contributed by atoms with E-state index in [1.165, 1.54) is 4.31 Å². The molecule has 7 heteroatoms. The number of carbonyl (C=O) groups is 1. The molecule has 0 bridgehead atoms. The Labute approximate surface area is 115 Å². The van der Waals surface area contributed by atoms with Crippen molar-refractivity contribution < 1.29 is 18.3 Å². The third kappa shape index (κ3) is 4.66. The van der Waals surface area contributed by atoms with Crippen molar-refractivity contribution in [2.75, 3.05) is 17.1 Å². The van der Waals surface area contributed by atoms with E-state index in [1.807, 2.05) is 0 Å². The van der Waals surface area contributed by atoms with Gasteiger partial charge in [0.05, 0.1) is 11.9 Å². The van der Waals surface area contributed by atoms with E-state index in [0.29, 0.717) is 5.69 Å². The molecule has 1 N–H and O–H groups in total. The van der Waals surface area contributed by atoms with Crippen LogP contribution in [0.1, 0.15) is 12.8 Å². The lowest BCUT2D eigenvalue weighted by Crippen LogP contribution is -2.31. The number of halogens is 1. The van der Waals surface area contributed by atoms with Crippen LogP contribution in [0.5, 0.6) is 0 Å². The van der Waals surface area contributed by atoms with E-state index in [1.54, 1.807) is 24.3 Å². The highest BCUT2D eigenvalue weighted by molar-refractivity contribution is 9.10. The minimum Gasteiger partial charge on any atom is -0.481 e. The van der Waals surface area contributed by atoms with E-state index in [-0.39, 0.29) is 19.4 Å². The minimum absolute atomic E-state index is 0.0530. The van der Waals surface area contributed by atoms with Gasteiger partial charge in [-0.15, -0.1) is 0 Å². The third-order valence-corrected chi connectivity index (χ3v) is 3.99. The molecule has 0 aliphatic carbocycles. The second-order valence-electron chi connectivity index (χ2n) is 3.81. The van der Waals surface area contributed by atoms with Crippen molar-refractivity contribution in [1.29, 1.82) is 0 Å². The molecule has 5 nitrogen and oxygen atoms in total. The predicted molar refractivity (Wildman–Crippen MR) is 73.2 cm³/mol. The van der Waals surface area contributed by atoms with Crippen LogP contribution in [0.15, 0.2) is 28.7 Å². The van der Waals surface area contributed by atoms with Crippen LogP contribution in [-0.2, 0) is 14.8 Å². The van der Waals surface area contributed by atoms with Gasteiger partial charge in [0, 0.05) is 17.4 Å². The van der Waals surface area contributed by atoms with Crippen LogP contribution in [0, 0.1) is 0 Å². The number of hydrogen-bond donors (Lipinski definition) is 1. The highest BCUT2D eigenvalue weighted by Crippen LogP contribution is 2.21. The van der Waals surface area contributed by atoms with Crippen LogP contribution >= 0.6 is 15.9 Å². The van der Waals surface area contributed by atoms with E-state index in [9.17, 15) is 13.2 Å². The summed E-state index contributed by atoms with van der Waals surface area (Å²) in [5.74, 6) is -0.931. The van der Waals surface area contributed by atoms with Crippen LogP contribution in [-0.4, -0.2) is 32.3 Å². The second kappa shape index (κ2) is 6.19. The molecule has 0 saturated carbocycles. The van der Waals surface area contributed by atoms with Gasteiger partial charge < -0.3 is 5.11 Å². The Kier molecular flexibility index (Phi) is 5.15. The number of anilines is 1. The van der Waals surface area contributed by atoms with Gasteiger partial charge in [-0.05, 0) is 30.7 Å². The summed E-state index contributed by atoms with van der Waals surface area (Å²) in [6.07, 6.45) is 1.33. The summed E-state index contributed by atoms with van der Waals surface area (Å²) < 4.78 is 25.4. The lowest BCUT2D eigenvalue weighted by molar-refractivity contribution is -0.137. The SMILES string of the molecule is CS(=O)(=O)N(CCCC(=O)O)c1ccc(Br)cc1. The van der Waals surface area contributed by atoms with Gasteiger partial charge in [-0.25, -0.2) is 8.42 Å². The van der Waals surface area contributed by atoms with Gasteiger partial charge in [-0.3, -0.25) is 9.10 Å². The largest absolute Gasteiger partial charge is 0.481 e. The Hall–Kier alpha value is -1.08. The molecule has 18 heavy (non-hydrogen) atoms. The molecule has 0 saturated heterocycles. The van der Waals surface area contributed by atoms with Gasteiger partial charge in [0.2, 0.25) is 10.0 Å². The van der Waals surface area contributed by atoms with Gasteiger partial charge in [0.1, 0.15) is 0 Å². The number of aliphatic carboxylic acids is 1. The van der Waals surface area contributed by atoms with Crippen molar-refractivity contribution >= 4 is 37.6 Å². The molecule has 1 rings (SSSR count). The fourth-order valence-corrected chi connectivity index (χ4v) is 2.70. The summed E-state index contributed by atoms with van der Waals surface area (Å²) in [7, 11) is -3.40. The molecule has 1 aromatic rings. The average molecular weight is 336 g/mol. The molecular formula is C11H14BrNO4S. The molecule has 1 aromatic carbocycles. The molecule has 100 valence electrons. The third-order valence-electron chi connectivity index (χ3n) is 2.27. The Morgan fingerprint density at radius 3 is 2.33 bits per heavy atom. The van der Waals surface area contributed by atoms with Crippen LogP contribution in [0.25, 0.3) is 0 Å². The second-order valence-corrected chi connectivity index (χ2v) is 6.63. The van der Waals surface area contributed by atoms with Crippen LogP contribution in [0.4, 0.5) is 5.69 Å². The van der Waals surface area contributed by atoms with E-state index in [2.05, 4.69) is 15.9 Å². The Morgan fingerprint density at radius 2 is 1.89 bits per heavy atom. The van der Waals surface area contributed by atoms with E-state index in [0.717, 1.165) is 10.7 Å². The van der Waals surface area contributed by atoms with E-state index < -0.39 is 16.0 Å². The molecule has 0 unspecified atom stereocenters. The van der Waals surface area contributed by atoms with E-state index >= 15 is 0 Å². The lowest BCUT2D eigenvalue weighted by Gasteiger charge is -2.22. The zero-order valence-electron chi connectivity index (χ0n) is 9.84. The fraction of sp³-hybridized carbons (Fsp3) is 0.364. The van der Waals surface area contributed by atoms with Crippen molar-refractivity contribution in [3.8, 4) is 0 Å². The van der Waals surface area contributed by atoms with Crippen molar-refractivity contribution in [2.24, 2.45) is 0 Å². The van der Waals surface area contributed by atoms with Crippen LogP contribution < -0.4 is 4.31 Å². The van der Waals surface area contributed by atoms with Gasteiger partial charge in [0.25, 0.3) is 0 Å². The van der Waals surface area contributed by atoms with E-state index in [4.69, 9.17) is 5.11 Å². The zero-order chi connectivity index (χ0) is 13.8. The maximum absolute atomic E-state index is 11.7. The Balaban J connectivity index is 2.86. The fourth-order valence-electron chi connectivity index (χ4n) is 1.47. The number of carboxylic acid groups (broad SMARTS) is 1. The summed E-state index contributed by atoms with van der Waals surface area (Å²) in [4.78, 5) is 10.4. The van der Waals surface area contributed by atoms with Crippen LogP contribution in [0.2, 0.25) is 0 Å². The molecule has 0 radical (unpaired) electrons. The molecule has 0 heterocycles. The number of nitrogens with zero attached hydrogens (tertiary/aromatic N) is 1. The monoisotopic (exact) mass is 335 g/mol. The first-order valence-electron chi connectivity index (χ1n) is 5.26. The summed E-state index contributed by atoms with van der Waals surface area (Å²) >= 11 is 3.27. The Bertz CT molecular complexity index is 512. The molecule has 0 atom stereocenters. The summed E-state index contributed by atoms with van der Waals surface area (Å²) in [5, 5.41) is 8.56. The maximum Gasteiger partial charge on any atom is 0.303 e. The number of carboxylic acids is 1. The smallest absolute Gasteiger partial charge is 0.303 e. The Morgan fingerprint density at radius 1 is 1.33 bits per heavy atom.